The van der Waals surface area contributed by atoms with Crippen molar-refractivity contribution in [3.05, 3.63) is 0 Å². The van der Waals surface area contributed by atoms with Crippen molar-refractivity contribution in [3.8, 4) is 0 Å². The van der Waals surface area contributed by atoms with Gasteiger partial charge in [0.2, 0.25) is 5.92 Å². The molecule has 2 aliphatic rings. The first kappa shape index (κ1) is 10.3. The molecule has 0 aromatic rings. The fraction of sp³-hybridized carbons (Fsp3) is 1.00. The Morgan fingerprint density at radius 3 is 2.07 bits per heavy atom. The average molecular weight is 203 g/mol. The summed E-state index contributed by atoms with van der Waals surface area (Å²) < 4.78 is 26.5. The number of nitrogens with zero attached hydrogens (tertiary/aromatic N) is 1. The molecular formula is C11H19F2N. The van der Waals surface area contributed by atoms with E-state index in [1.165, 1.54) is 0 Å². The van der Waals surface area contributed by atoms with Gasteiger partial charge in [0.25, 0.3) is 0 Å². The molecule has 1 nitrogen and oxygen atoms in total. The molecule has 3 heteroatoms. The molecule has 1 saturated heterocycles. The van der Waals surface area contributed by atoms with Gasteiger partial charge in [0.05, 0.1) is 0 Å². The van der Waals surface area contributed by atoms with Crippen molar-refractivity contribution >= 4 is 0 Å². The van der Waals surface area contributed by atoms with E-state index < -0.39 is 5.92 Å². The Morgan fingerprint density at radius 2 is 1.64 bits per heavy atom. The van der Waals surface area contributed by atoms with Gasteiger partial charge < -0.3 is 4.90 Å². The smallest absolute Gasteiger partial charge is 0.248 e. The quantitative estimate of drug-likeness (QED) is 0.633. The number of alkyl halides is 2. The van der Waals surface area contributed by atoms with Gasteiger partial charge in [0.15, 0.2) is 0 Å². The van der Waals surface area contributed by atoms with Crippen LogP contribution in [0.25, 0.3) is 0 Å². The van der Waals surface area contributed by atoms with Crippen molar-refractivity contribution in [3.63, 3.8) is 0 Å². The van der Waals surface area contributed by atoms with Crippen LogP contribution in [0.15, 0.2) is 0 Å². The molecular weight excluding hydrogens is 184 g/mol. The highest BCUT2D eigenvalue weighted by Gasteiger charge is 2.44. The zero-order valence-corrected chi connectivity index (χ0v) is 8.97. The normalized spacial score (nSPS) is 37.5. The first-order valence-electron chi connectivity index (χ1n) is 5.58. The van der Waals surface area contributed by atoms with Crippen molar-refractivity contribution in [2.45, 2.75) is 45.1 Å². The molecule has 1 saturated carbocycles. The second-order valence-corrected chi connectivity index (χ2v) is 5.28. The fourth-order valence-corrected chi connectivity index (χ4v) is 3.00. The van der Waals surface area contributed by atoms with Crippen molar-refractivity contribution in [1.29, 1.82) is 0 Å². The van der Waals surface area contributed by atoms with Crippen LogP contribution < -0.4 is 0 Å². The lowest BCUT2D eigenvalue weighted by atomic mass is 9.75. The molecule has 2 fully saturated rings. The van der Waals surface area contributed by atoms with Crippen LogP contribution >= 0.6 is 0 Å². The summed E-state index contributed by atoms with van der Waals surface area (Å²) >= 11 is 0. The molecule has 1 aliphatic heterocycles. The molecule has 0 spiro atoms. The van der Waals surface area contributed by atoms with Crippen molar-refractivity contribution in [2.75, 3.05) is 13.1 Å². The van der Waals surface area contributed by atoms with E-state index in [1.54, 1.807) is 0 Å². The molecule has 0 aromatic carbocycles. The molecule has 14 heavy (non-hydrogen) atoms. The third-order valence-corrected chi connectivity index (χ3v) is 3.56. The second-order valence-electron chi connectivity index (χ2n) is 5.28. The van der Waals surface area contributed by atoms with Gasteiger partial charge in [0.1, 0.15) is 0 Å². The second kappa shape index (κ2) is 3.44. The Labute approximate surface area is 84.5 Å². The van der Waals surface area contributed by atoms with Gasteiger partial charge in [-0.2, -0.15) is 0 Å². The summed E-state index contributed by atoms with van der Waals surface area (Å²) in [5, 5.41) is 0. The summed E-state index contributed by atoms with van der Waals surface area (Å²) in [6, 6.07) is 0.507. The predicted octanol–water partition coefficient (Wildman–Crippen LogP) is 2.76. The number of halogens is 2. The van der Waals surface area contributed by atoms with Gasteiger partial charge >= 0.3 is 0 Å². The summed E-state index contributed by atoms with van der Waals surface area (Å²) in [4.78, 5) is 2.36. The van der Waals surface area contributed by atoms with E-state index in [9.17, 15) is 8.78 Å². The van der Waals surface area contributed by atoms with Gasteiger partial charge in [0, 0.05) is 32.0 Å². The highest BCUT2D eigenvalue weighted by atomic mass is 19.3. The van der Waals surface area contributed by atoms with Crippen LogP contribution in [0.4, 0.5) is 8.78 Å². The number of fused-ring (bicyclic) bond motifs is 2. The molecule has 0 amide bonds. The fourth-order valence-electron chi connectivity index (χ4n) is 3.00. The standard InChI is InChI=1S/C11H19F2N/c1-8(2)14-6-9-3-10(7-14)5-11(12,13)4-9/h8-10H,3-7H2,1-2H3. The van der Waals surface area contributed by atoms with Gasteiger partial charge in [-0.15, -0.1) is 0 Å². The third-order valence-electron chi connectivity index (χ3n) is 3.56. The minimum Gasteiger partial charge on any atom is -0.300 e. The van der Waals surface area contributed by atoms with Crippen LogP contribution in [0.3, 0.4) is 0 Å². The van der Waals surface area contributed by atoms with Crippen molar-refractivity contribution in [1.82, 2.24) is 4.90 Å². The first-order valence-corrected chi connectivity index (χ1v) is 5.58. The lowest BCUT2D eigenvalue weighted by Gasteiger charge is -2.45. The maximum atomic E-state index is 13.2. The number of rotatable bonds is 1. The number of likely N-dealkylation sites (tertiary alicyclic amines) is 1. The van der Waals surface area contributed by atoms with Crippen LogP contribution in [-0.4, -0.2) is 30.0 Å². The molecule has 1 heterocycles. The van der Waals surface area contributed by atoms with E-state index in [0.29, 0.717) is 6.04 Å². The lowest BCUT2D eigenvalue weighted by Crippen LogP contribution is -2.49. The van der Waals surface area contributed by atoms with E-state index >= 15 is 0 Å². The Balaban J connectivity index is 2.02. The van der Waals surface area contributed by atoms with Crippen molar-refractivity contribution < 1.29 is 8.78 Å². The highest BCUT2D eigenvalue weighted by molar-refractivity contribution is 4.91. The summed E-state index contributed by atoms with van der Waals surface area (Å²) in [7, 11) is 0. The van der Waals surface area contributed by atoms with Gasteiger partial charge in [-0.05, 0) is 32.1 Å². The molecule has 82 valence electrons. The van der Waals surface area contributed by atoms with Crippen molar-refractivity contribution in [2.24, 2.45) is 11.8 Å². The Hall–Kier alpha value is -0.180. The zero-order chi connectivity index (χ0) is 10.3. The minimum absolute atomic E-state index is 0.118. The first-order chi connectivity index (χ1) is 6.46. The Bertz CT molecular complexity index is 199. The summed E-state index contributed by atoms with van der Waals surface area (Å²) in [6.45, 7) is 6.06. The largest absolute Gasteiger partial charge is 0.300 e. The number of hydrogen-bond donors (Lipinski definition) is 0. The lowest BCUT2D eigenvalue weighted by molar-refractivity contribution is -0.101. The van der Waals surface area contributed by atoms with Gasteiger partial charge in [-0.25, -0.2) is 8.78 Å². The minimum atomic E-state index is -2.38. The summed E-state index contributed by atoms with van der Waals surface area (Å²) in [6.07, 6.45) is 1.26. The topological polar surface area (TPSA) is 3.24 Å². The van der Waals surface area contributed by atoms with Gasteiger partial charge in [-0.1, -0.05) is 0 Å². The van der Waals surface area contributed by atoms with E-state index in [4.69, 9.17) is 0 Å². The molecule has 0 aromatic heterocycles. The SMILES string of the molecule is CC(C)N1CC2CC(C1)CC(F)(F)C2. The van der Waals surface area contributed by atoms with E-state index in [1.807, 2.05) is 0 Å². The average Bonchev–Trinajstić information content (AvgIpc) is 1.99. The van der Waals surface area contributed by atoms with Crippen LogP contribution in [0, 0.1) is 11.8 Å². The molecule has 2 rings (SSSR count). The van der Waals surface area contributed by atoms with Gasteiger partial charge in [-0.3, -0.25) is 0 Å². The van der Waals surface area contributed by atoms with E-state index in [2.05, 4.69) is 18.7 Å². The molecule has 1 aliphatic carbocycles. The zero-order valence-electron chi connectivity index (χ0n) is 8.97. The predicted molar refractivity (Wildman–Crippen MR) is 52.5 cm³/mol. The number of piperidine rings is 1. The maximum Gasteiger partial charge on any atom is 0.248 e. The molecule has 2 atom stereocenters. The van der Waals surface area contributed by atoms with Crippen LogP contribution in [-0.2, 0) is 0 Å². The van der Waals surface area contributed by atoms with Crippen LogP contribution in [0.5, 0.6) is 0 Å². The Kier molecular flexibility index (Phi) is 2.54. The van der Waals surface area contributed by atoms with E-state index in [-0.39, 0.29) is 24.7 Å². The summed E-state index contributed by atoms with van der Waals surface area (Å²) in [5.41, 5.74) is 0. The van der Waals surface area contributed by atoms with E-state index in [0.717, 1.165) is 19.5 Å². The molecule has 2 unspecified atom stereocenters. The third kappa shape index (κ3) is 2.08. The Morgan fingerprint density at radius 1 is 1.14 bits per heavy atom. The molecule has 0 radical (unpaired) electrons. The highest BCUT2D eigenvalue weighted by Crippen LogP contribution is 2.43. The van der Waals surface area contributed by atoms with Crippen LogP contribution in [0.1, 0.15) is 33.1 Å². The molecule has 2 bridgehead atoms. The van der Waals surface area contributed by atoms with Crippen LogP contribution in [0.2, 0.25) is 0 Å². The molecule has 0 N–H and O–H groups in total. The maximum absolute atomic E-state index is 13.2. The summed E-state index contributed by atoms with van der Waals surface area (Å²) in [5.74, 6) is -1.91. The number of hydrogen-bond acceptors (Lipinski definition) is 1. The monoisotopic (exact) mass is 203 g/mol.